The SMILES string of the molecule is [B]C1=NC(c2ccccc2)=NC1CCCC(=O)N1CCN(c2ncccn2)CC1. The van der Waals surface area contributed by atoms with Crippen molar-refractivity contribution in [1.29, 1.82) is 0 Å². The fourth-order valence-electron chi connectivity index (χ4n) is 3.59. The third kappa shape index (κ3) is 4.70. The molecule has 29 heavy (non-hydrogen) atoms. The normalized spacial score (nSPS) is 19.1. The lowest BCUT2D eigenvalue weighted by molar-refractivity contribution is -0.131. The molecular formula is C21H23BN6O. The van der Waals surface area contributed by atoms with Gasteiger partial charge >= 0.3 is 0 Å². The molecule has 0 saturated carbocycles. The summed E-state index contributed by atoms with van der Waals surface area (Å²) in [5.41, 5.74) is 1.50. The third-order valence-electron chi connectivity index (χ3n) is 5.22. The summed E-state index contributed by atoms with van der Waals surface area (Å²) < 4.78 is 0. The van der Waals surface area contributed by atoms with Crippen molar-refractivity contribution in [1.82, 2.24) is 14.9 Å². The molecule has 1 saturated heterocycles. The lowest BCUT2D eigenvalue weighted by Crippen LogP contribution is -2.49. The zero-order chi connectivity index (χ0) is 20.1. The number of amidine groups is 1. The molecule has 7 nitrogen and oxygen atoms in total. The number of nitrogens with zero attached hydrogens (tertiary/aromatic N) is 6. The van der Waals surface area contributed by atoms with Crippen molar-refractivity contribution in [2.75, 3.05) is 31.1 Å². The highest BCUT2D eigenvalue weighted by Crippen LogP contribution is 2.17. The highest BCUT2D eigenvalue weighted by Gasteiger charge is 2.23. The molecule has 0 spiro atoms. The Labute approximate surface area is 172 Å². The maximum Gasteiger partial charge on any atom is 0.225 e. The number of amides is 1. The number of rotatable bonds is 6. The molecule has 8 heteroatoms. The summed E-state index contributed by atoms with van der Waals surface area (Å²) in [7, 11) is 6.06. The summed E-state index contributed by atoms with van der Waals surface area (Å²) in [5, 5.41) is 0. The molecule has 2 aromatic rings. The Kier molecular flexibility index (Phi) is 5.98. The molecule has 1 atom stereocenters. The first-order chi connectivity index (χ1) is 14.2. The quantitative estimate of drug-likeness (QED) is 0.709. The number of hydrogen-bond donors (Lipinski definition) is 0. The van der Waals surface area contributed by atoms with Gasteiger partial charge in [-0.1, -0.05) is 30.3 Å². The Bertz CT molecular complexity index is 894. The number of carbonyl (C=O) groups is 1. The van der Waals surface area contributed by atoms with Crippen molar-refractivity contribution in [2.45, 2.75) is 25.3 Å². The van der Waals surface area contributed by atoms with Gasteiger partial charge in [-0.3, -0.25) is 9.79 Å². The molecule has 0 bridgehead atoms. The van der Waals surface area contributed by atoms with E-state index in [1.54, 1.807) is 18.5 Å². The predicted octanol–water partition coefficient (Wildman–Crippen LogP) is 1.69. The average molecular weight is 386 g/mol. The molecule has 1 amide bonds. The van der Waals surface area contributed by atoms with Crippen molar-refractivity contribution >= 4 is 31.1 Å². The lowest BCUT2D eigenvalue weighted by Gasteiger charge is -2.34. The van der Waals surface area contributed by atoms with Gasteiger partial charge in [0.1, 0.15) is 7.85 Å². The summed E-state index contributed by atoms with van der Waals surface area (Å²) in [6, 6.07) is 11.5. The van der Waals surface area contributed by atoms with Crippen LogP contribution in [0, 0.1) is 0 Å². The van der Waals surface area contributed by atoms with Crippen LogP contribution in [0.3, 0.4) is 0 Å². The van der Waals surface area contributed by atoms with Gasteiger partial charge in [0, 0.05) is 50.6 Å². The minimum atomic E-state index is -0.134. The maximum absolute atomic E-state index is 12.6. The second kappa shape index (κ2) is 8.98. The minimum absolute atomic E-state index is 0.134. The van der Waals surface area contributed by atoms with Crippen LogP contribution in [0.25, 0.3) is 0 Å². The van der Waals surface area contributed by atoms with Crippen molar-refractivity contribution in [3.8, 4) is 0 Å². The highest BCUT2D eigenvalue weighted by atomic mass is 16.2. The molecule has 3 heterocycles. The van der Waals surface area contributed by atoms with Crippen LogP contribution in [-0.2, 0) is 4.79 Å². The van der Waals surface area contributed by atoms with Gasteiger partial charge in [-0.25, -0.2) is 15.0 Å². The molecule has 1 aromatic carbocycles. The number of hydrogen-bond acceptors (Lipinski definition) is 6. The molecule has 2 aliphatic heterocycles. The smallest absolute Gasteiger partial charge is 0.225 e. The molecule has 0 aliphatic carbocycles. The van der Waals surface area contributed by atoms with Gasteiger partial charge in [-0.05, 0) is 24.5 Å². The van der Waals surface area contributed by atoms with E-state index in [2.05, 4.69) is 24.9 Å². The van der Waals surface area contributed by atoms with Crippen LogP contribution >= 0.6 is 0 Å². The zero-order valence-corrected chi connectivity index (χ0v) is 16.3. The number of aliphatic imine (C=N–C) groups is 2. The molecule has 2 radical (unpaired) electrons. The summed E-state index contributed by atoms with van der Waals surface area (Å²) in [4.78, 5) is 34.2. The van der Waals surface area contributed by atoms with Gasteiger partial charge in [0.2, 0.25) is 11.9 Å². The van der Waals surface area contributed by atoms with Crippen LogP contribution in [0.1, 0.15) is 24.8 Å². The standard InChI is InChI=1S/C21H23BN6O/c22-19-17(25-20(26-19)16-6-2-1-3-7-16)8-4-9-18(29)27-12-14-28(15-13-27)21-23-10-5-11-24-21/h1-3,5-7,10-11,17H,4,8-9,12-15H2. The van der Waals surface area contributed by atoms with Crippen LogP contribution in [0.2, 0.25) is 0 Å². The van der Waals surface area contributed by atoms with Gasteiger partial charge in [-0.2, -0.15) is 0 Å². The molecule has 4 rings (SSSR count). The highest BCUT2D eigenvalue weighted by molar-refractivity contribution is 6.63. The van der Waals surface area contributed by atoms with Crippen molar-refractivity contribution in [2.24, 2.45) is 9.98 Å². The van der Waals surface area contributed by atoms with E-state index in [1.165, 1.54) is 0 Å². The number of benzene rings is 1. The Morgan fingerprint density at radius 3 is 2.48 bits per heavy atom. The van der Waals surface area contributed by atoms with E-state index < -0.39 is 0 Å². The van der Waals surface area contributed by atoms with E-state index >= 15 is 0 Å². The summed E-state index contributed by atoms with van der Waals surface area (Å²) in [6.07, 6.45) is 5.46. The topological polar surface area (TPSA) is 74.1 Å². The third-order valence-corrected chi connectivity index (χ3v) is 5.22. The molecule has 2 aliphatic rings. The van der Waals surface area contributed by atoms with E-state index in [-0.39, 0.29) is 11.9 Å². The average Bonchev–Trinajstić information content (AvgIpc) is 3.15. The van der Waals surface area contributed by atoms with Gasteiger partial charge < -0.3 is 9.80 Å². The molecule has 0 N–H and O–H groups in total. The summed E-state index contributed by atoms with van der Waals surface area (Å²) >= 11 is 0. The van der Waals surface area contributed by atoms with E-state index in [9.17, 15) is 4.79 Å². The van der Waals surface area contributed by atoms with E-state index in [1.807, 2.05) is 35.2 Å². The van der Waals surface area contributed by atoms with Gasteiger partial charge in [0.15, 0.2) is 5.84 Å². The first kappa shape index (κ1) is 19.3. The number of carbonyl (C=O) groups excluding carboxylic acids is 1. The first-order valence-corrected chi connectivity index (χ1v) is 9.98. The van der Waals surface area contributed by atoms with Crippen molar-refractivity contribution < 1.29 is 4.79 Å². The fraction of sp³-hybridized carbons (Fsp3) is 0.381. The van der Waals surface area contributed by atoms with Crippen LogP contribution < -0.4 is 4.90 Å². The van der Waals surface area contributed by atoms with E-state index in [0.29, 0.717) is 31.0 Å². The van der Waals surface area contributed by atoms with E-state index in [4.69, 9.17) is 7.85 Å². The summed E-state index contributed by atoms with van der Waals surface area (Å²) in [5.74, 6) is 1.58. The maximum atomic E-state index is 12.6. The Morgan fingerprint density at radius 2 is 1.76 bits per heavy atom. The fourth-order valence-corrected chi connectivity index (χ4v) is 3.59. The second-order valence-electron chi connectivity index (χ2n) is 7.18. The lowest BCUT2D eigenvalue weighted by atomic mass is 9.91. The minimum Gasteiger partial charge on any atom is -0.339 e. The molecule has 146 valence electrons. The number of piperazine rings is 1. The van der Waals surface area contributed by atoms with Crippen LogP contribution in [0.5, 0.6) is 0 Å². The van der Waals surface area contributed by atoms with E-state index in [0.717, 1.165) is 37.4 Å². The van der Waals surface area contributed by atoms with Crippen LogP contribution in [-0.4, -0.2) is 72.3 Å². The Morgan fingerprint density at radius 1 is 1.03 bits per heavy atom. The van der Waals surface area contributed by atoms with Crippen LogP contribution in [0.15, 0.2) is 58.8 Å². The largest absolute Gasteiger partial charge is 0.339 e. The van der Waals surface area contributed by atoms with Gasteiger partial charge in [-0.15, -0.1) is 0 Å². The van der Waals surface area contributed by atoms with Crippen LogP contribution in [0.4, 0.5) is 5.95 Å². The molecule has 1 unspecified atom stereocenters. The summed E-state index contributed by atoms with van der Waals surface area (Å²) in [6.45, 7) is 2.90. The van der Waals surface area contributed by atoms with Gasteiger partial charge in [0.05, 0.1) is 6.04 Å². The number of aromatic nitrogens is 2. The van der Waals surface area contributed by atoms with Crippen molar-refractivity contribution in [3.63, 3.8) is 0 Å². The van der Waals surface area contributed by atoms with Crippen molar-refractivity contribution in [3.05, 3.63) is 54.4 Å². The first-order valence-electron chi connectivity index (χ1n) is 9.98. The zero-order valence-electron chi connectivity index (χ0n) is 16.3. The number of anilines is 1. The predicted molar refractivity (Wildman–Crippen MR) is 115 cm³/mol. The molecular weight excluding hydrogens is 363 g/mol. The monoisotopic (exact) mass is 386 g/mol. The molecule has 1 fully saturated rings. The van der Waals surface area contributed by atoms with Gasteiger partial charge in [0.25, 0.3) is 0 Å². The Hall–Kier alpha value is -3.03. The molecule has 1 aromatic heterocycles. The Balaban J connectivity index is 1.23. The second-order valence-corrected chi connectivity index (χ2v) is 7.18.